The van der Waals surface area contributed by atoms with E-state index in [2.05, 4.69) is 15.3 Å². The highest BCUT2D eigenvalue weighted by atomic mass is 16.5. The molecule has 0 aliphatic rings. The first kappa shape index (κ1) is 17.0. The fraction of sp³-hybridized carbons (Fsp3) is 0.316. The highest BCUT2D eigenvalue weighted by Crippen LogP contribution is 2.22. The van der Waals surface area contributed by atoms with Gasteiger partial charge in [0.05, 0.1) is 12.3 Å². The van der Waals surface area contributed by atoms with Crippen LogP contribution in [0.15, 0.2) is 42.7 Å². The zero-order valence-corrected chi connectivity index (χ0v) is 14.5. The molecule has 1 amide bonds. The topological polar surface area (TPSA) is 68.5 Å². The van der Waals surface area contributed by atoms with Crippen LogP contribution in [0, 0.1) is 6.92 Å². The van der Waals surface area contributed by atoms with Gasteiger partial charge in [0.1, 0.15) is 5.69 Å². The maximum absolute atomic E-state index is 12.6. The Bertz CT molecular complexity index is 858. The lowest BCUT2D eigenvalue weighted by molar-refractivity contribution is 0.0946. The number of aryl methyl sites for hydroxylation is 2. The van der Waals surface area contributed by atoms with Crippen molar-refractivity contribution in [1.82, 2.24) is 19.7 Å². The molecule has 0 saturated heterocycles. The number of ether oxygens (including phenoxy) is 1. The third-order valence-corrected chi connectivity index (χ3v) is 3.92. The highest BCUT2D eigenvalue weighted by molar-refractivity contribution is 5.94. The third kappa shape index (κ3) is 3.79. The summed E-state index contributed by atoms with van der Waals surface area (Å²) in [4.78, 5) is 21.4. The van der Waals surface area contributed by atoms with Crippen molar-refractivity contribution in [3.8, 4) is 5.75 Å². The zero-order valence-electron chi connectivity index (χ0n) is 14.5. The van der Waals surface area contributed by atoms with E-state index in [1.165, 1.54) is 0 Å². The number of aromatic nitrogens is 3. The number of nitrogens with one attached hydrogen (secondary N) is 1. The number of nitrogens with zero attached hydrogens (tertiary/aromatic N) is 3. The molecule has 3 heterocycles. The average molecular weight is 338 g/mol. The third-order valence-electron chi connectivity index (χ3n) is 3.92. The van der Waals surface area contributed by atoms with Gasteiger partial charge in [0.2, 0.25) is 0 Å². The molecule has 0 aromatic carbocycles. The van der Waals surface area contributed by atoms with Crippen molar-refractivity contribution in [2.24, 2.45) is 0 Å². The fourth-order valence-electron chi connectivity index (χ4n) is 2.80. The Kier molecular flexibility index (Phi) is 5.28. The lowest BCUT2D eigenvalue weighted by Gasteiger charge is -2.07. The number of hydrogen-bond acceptors (Lipinski definition) is 4. The number of imidazole rings is 1. The SMILES string of the molecule is CCOc1cccn2c(C(=O)NCCCc3ccccn3)c(C)nc12. The Morgan fingerprint density at radius 1 is 1.28 bits per heavy atom. The molecular weight excluding hydrogens is 316 g/mol. The Hall–Kier alpha value is -2.89. The molecule has 0 radical (unpaired) electrons. The molecule has 25 heavy (non-hydrogen) atoms. The van der Waals surface area contributed by atoms with Gasteiger partial charge < -0.3 is 10.1 Å². The zero-order chi connectivity index (χ0) is 17.6. The second-order valence-electron chi connectivity index (χ2n) is 5.73. The molecule has 0 aliphatic carbocycles. The minimum atomic E-state index is -0.125. The van der Waals surface area contributed by atoms with E-state index in [1.54, 1.807) is 10.6 Å². The molecule has 0 aliphatic heterocycles. The van der Waals surface area contributed by atoms with Crippen LogP contribution in [0.4, 0.5) is 0 Å². The van der Waals surface area contributed by atoms with Gasteiger partial charge in [-0.25, -0.2) is 4.98 Å². The molecule has 3 aromatic rings. The molecule has 6 heteroatoms. The van der Waals surface area contributed by atoms with Crippen molar-refractivity contribution in [2.75, 3.05) is 13.2 Å². The van der Waals surface area contributed by atoms with Crippen molar-refractivity contribution in [3.05, 3.63) is 59.8 Å². The van der Waals surface area contributed by atoms with Crippen molar-refractivity contribution >= 4 is 11.6 Å². The monoisotopic (exact) mass is 338 g/mol. The number of amides is 1. The van der Waals surface area contributed by atoms with Gasteiger partial charge in [-0.15, -0.1) is 0 Å². The summed E-state index contributed by atoms with van der Waals surface area (Å²) in [5.74, 6) is 0.557. The van der Waals surface area contributed by atoms with Crippen LogP contribution in [0.25, 0.3) is 5.65 Å². The number of rotatable bonds is 7. The molecule has 6 nitrogen and oxygen atoms in total. The molecule has 0 bridgehead atoms. The number of fused-ring (bicyclic) bond motifs is 1. The average Bonchev–Trinajstić information content (AvgIpc) is 2.97. The van der Waals surface area contributed by atoms with Gasteiger partial charge in [-0.1, -0.05) is 6.07 Å². The maximum Gasteiger partial charge on any atom is 0.270 e. The predicted molar refractivity (Wildman–Crippen MR) is 96.0 cm³/mol. The van der Waals surface area contributed by atoms with E-state index >= 15 is 0 Å². The lowest BCUT2D eigenvalue weighted by Crippen LogP contribution is -2.26. The van der Waals surface area contributed by atoms with Gasteiger partial charge in [-0.3, -0.25) is 14.2 Å². The Labute approximate surface area is 146 Å². The Balaban J connectivity index is 1.67. The summed E-state index contributed by atoms with van der Waals surface area (Å²) < 4.78 is 7.38. The van der Waals surface area contributed by atoms with Crippen molar-refractivity contribution in [1.29, 1.82) is 0 Å². The molecular formula is C19H22N4O2. The summed E-state index contributed by atoms with van der Waals surface area (Å²) in [6.07, 6.45) is 5.29. The molecule has 0 atom stereocenters. The van der Waals surface area contributed by atoms with E-state index in [4.69, 9.17) is 4.74 Å². The Morgan fingerprint density at radius 3 is 2.92 bits per heavy atom. The van der Waals surface area contributed by atoms with Crippen molar-refractivity contribution in [3.63, 3.8) is 0 Å². The van der Waals surface area contributed by atoms with E-state index in [0.717, 1.165) is 18.5 Å². The van der Waals surface area contributed by atoms with Crippen LogP contribution in [0.3, 0.4) is 0 Å². The van der Waals surface area contributed by atoms with Crippen molar-refractivity contribution < 1.29 is 9.53 Å². The smallest absolute Gasteiger partial charge is 0.270 e. The van der Waals surface area contributed by atoms with E-state index in [0.29, 0.717) is 35.9 Å². The highest BCUT2D eigenvalue weighted by Gasteiger charge is 2.18. The van der Waals surface area contributed by atoms with E-state index < -0.39 is 0 Å². The van der Waals surface area contributed by atoms with Gasteiger partial charge in [-0.05, 0) is 51.0 Å². The molecule has 0 spiro atoms. The summed E-state index contributed by atoms with van der Waals surface area (Å²) in [7, 11) is 0. The Morgan fingerprint density at radius 2 is 2.16 bits per heavy atom. The largest absolute Gasteiger partial charge is 0.490 e. The van der Waals surface area contributed by atoms with E-state index in [1.807, 2.05) is 50.4 Å². The normalized spacial score (nSPS) is 10.8. The number of pyridine rings is 2. The summed E-state index contributed by atoms with van der Waals surface area (Å²) >= 11 is 0. The van der Waals surface area contributed by atoms with Gasteiger partial charge in [-0.2, -0.15) is 0 Å². The summed E-state index contributed by atoms with van der Waals surface area (Å²) in [5, 5.41) is 2.97. The van der Waals surface area contributed by atoms with Gasteiger partial charge in [0.25, 0.3) is 5.91 Å². The molecule has 1 N–H and O–H groups in total. The summed E-state index contributed by atoms with van der Waals surface area (Å²) in [5.41, 5.74) is 2.94. The van der Waals surface area contributed by atoms with Crippen LogP contribution in [-0.4, -0.2) is 33.4 Å². The standard InChI is InChI=1S/C19H22N4O2/c1-3-25-16-10-7-13-23-17(14(2)22-18(16)23)19(24)21-12-6-9-15-8-4-5-11-20-15/h4-5,7-8,10-11,13H,3,6,9,12H2,1-2H3,(H,21,24). The molecule has 130 valence electrons. The van der Waals surface area contributed by atoms with Gasteiger partial charge >= 0.3 is 0 Å². The minimum Gasteiger partial charge on any atom is -0.490 e. The minimum absolute atomic E-state index is 0.125. The van der Waals surface area contributed by atoms with Crippen LogP contribution < -0.4 is 10.1 Å². The van der Waals surface area contributed by atoms with Crippen LogP contribution in [0.2, 0.25) is 0 Å². The molecule has 3 rings (SSSR count). The van der Waals surface area contributed by atoms with E-state index in [-0.39, 0.29) is 5.91 Å². The molecule has 0 unspecified atom stereocenters. The number of hydrogen-bond donors (Lipinski definition) is 1. The van der Waals surface area contributed by atoms with Crippen LogP contribution in [0.1, 0.15) is 35.2 Å². The molecule has 0 fully saturated rings. The first-order chi connectivity index (χ1) is 12.2. The van der Waals surface area contributed by atoms with Crippen molar-refractivity contribution in [2.45, 2.75) is 26.7 Å². The maximum atomic E-state index is 12.6. The predicted octanol–water partition coefficient (Wildman–Crippen LogP) is 2.80. The van der Waals surface area contributed by atoms with Crippen LogP contribution in [-0.2, 0) is 6.42 Å². The van der Waals surface area contributed by atoms with Gasteiger partial charge in [0.15, 0.2) is 11.4 Å². The summed E-state index contributed by atoms with van der Waals surface area (Å²) in [6.45, 7) is 4.91. The van der Waals surface area contributed by atoms with Gasteiger partial charge in [0, 0.05) is 24.6 Å². The second-order valence-corrected chi connectivity index (χ2v) is 5.73. The molecule has 3 aromatic heterocycles. The van der Waals surface area contributed by atoms with Crippen LogP contribution in [0.5, 0.6) is 5.75 Å². The fourth-order valence-corrected chi connectivity index (χ4v) is 2.80. The number of carbonyl (C=O) groups is 1. The van der Waals surface area contributed by atoms with E-state index in [9.17, 15) is 4.79 Å². The first-order valence-electron chi connectivity index (χ1n) is 8.49. The first-order valence-corrected chi connectivity index (χ1v) is 8.49. The summed E-state index contributed by atoms with van der Waals surface area (Å²) in [6, 6.07) is 9.58. The van der Waals surface area contributed by atoms with Crippen LogP contribution >= 0.6 is 0 Å². The number of carbonyl (C=O) groups excluding carboxylic acids is 1. The quantitative estimate of drug-likeness (QED) is 0.673. The second kappa shape index (κ2) is 7.79. The molecule has 0 saturated carbocycles. The lowest BCUT2D eigenvalue weighted by atomic mass is 10.2.